The summed E-state index contributed by atoms with van der Waals surface area (Å²) in [6.45, 7) is 18.2. The highest BCUT2D eigenvalue weighted by molar-refractivity contribution is 7.80. The zero-order chi connectivity index (χ0) is 24.5. The number of rotatable bonds is 11. The number of aryl methyl sites for hydroxylation is 2. The standard InChI is InChI=1S/C26H41N5O2S/c1-5-29(6-2)9-7-8-27-26(34)31(11-10-30-12-14-33-15-13-30)19-23-18-22-16-20(3)21(4)17-24(22)28-25(23)32/h16-18H,5-15,19H2,1-4H3,(H,27,34)(H,28,32). The van der Waals surface area contributed by atoms with Crippen molar-refractivity contribution >= 4 is 28.2 Å². The number of aromatic nitrogens is 1. The number of hydrogen-bond acceptors (Lipinski definition) is 5. The Labute approximate surface area is 209 Å². The summed E-state index contributed by atoms with van der Waals surface area (Å²) in [6, 6.07) is 6.21. The number of pyridine rings is 1. The Morgan fingerprint density at radius 3 is 2.53 bits per heavy atom. The first-order valence-electron chi connectivity index (χ1n) is 12.6. The lowest BCUT2D eigenvalue weighted by molar-refractivity contribution is 0.0357. The Balaban J connectivity index is 1.70. The summed E-state index contributed by atoms with van der Waals surface area (Å²) in [5.74, 6) is 0. The first-order valence-corrected chi connectivity index (χ1v) is 13.0. The number of ether oxygens (including phenoxy) is 1. The van der Waals surface area contributed by atoms with Gasteiger partial charge in [0.1, 0.15) is 0 Å². The van der Waals surface area contributed by atoms with Crippen molar-refractivity contribution in [1.82, 2.24) is 25.0 Å². The number of thiocarbonyl (C=S) groups is 1. The summed E-state index contributed by atoms with van der Waals surface area (Å²) >= 11 is 5.80. The number of nitrogens with zero attached hydrogens (tertiary/aromatic N) is 3. The molecule has 1 aliphatic heterocycles. The minimum Gasteiger partial charge on any atom is -0.379 e. The van der Waals surface area contributed by atoms with Gasteiger partial charge in [0, 0.05) is 43.8 Å². The van der Waals surface area contributed by atoms with E-state index in [2.05, 4.69) is 58.8 Å². The van der Waals surface area contributed by atoms with Crippen molar-refractivity contribution < 1.29 is 4.74 Å². The monoisotopic (exact) mass is 487 g/mol. The molecule has 0 bridgehead atoms. The van der Waals surface area contributed by atoms with Crippen LogP contribution >= 0.6 is 12.2 Å². The molecule has 1 aromatic carbocycles. The van der Waals surface area contributed by atoms with Crippen molar-refractivity contribution in [1.29, 1.82) is 0 Å². The van der Waals surface area contributed by atoms with Gasteiger partial charge in [-0.2, -0.15) is 0 Å². The van der Waals surface area contributed by atoms with Gasteiger partial charge in [-0.05, 0) is 86.8 Å². The van der Waals surface area contributed by atoms with Gasteiger partial charge in [0.15, 0.2) is 5.11 Å². The van der Waals surface area contributed by atoms with Crippen LogP contribution in [0.15, 0.2) is 23.0 Å². The van der Waals surface area contributed by atoms with Crippen LogP contribution in [0.4, 0.5) is 0 Å². The fraction of sp³-hybridized carbons (Fsp3) is 0.615. The molecule has 2 heterocycles. The highest BCUT2D eigenvalue weighted by Crippen LogP contribution is 2.18. The molecule has 0 spiro atoms. The van der Waals surface area contributed by atoms with Gasteiger partial charge in [0.2, 0.25) is 0 Å². The van der Waals surface area contributed by atoms with Crippen LogP contribution in [0.3, 0.4) is 0 Å². The quantitative estimate of drug-likeness (QED) is 0.373. The molecule has 3 rings (SSSR count). The summed E-state index contributed by atoms with van der Waals surface area (Å²) in [4.78, 5) is 22.9. The summed E-state index contributed by atoms with van der Waals surface area (Å²) in [5, 5.41) is 5.22. The fourth-order valence-corrected chi connectivity index (χ4v) is 4.59. The Morgan fingerprint density at radius 1 is 1.12 bits per heavy atom. The Hall–Kier alpha value is -2.00. The van der Waals surface area contributed by atoms with Crippen LogP contribution in [-0.2, 0) is 11.3 Å². The molecular formula is C26H41N5O2S. The molecule has 188 valence electrons. The van der Waals surface area contributed by atoms with Gasteiger partial charge in [0.25, 0.3) is 5.56 Å². The molecule has 0 aliphatic carbocycles. The third-order valence-corrected chi connectivity index (χ3v) is 7.20. The molecule has 2 N–H and O–H groups in total. The van der Waals surface area contributed by atoms with Crippen LogP contribution in [0.2, 0.25) is 0 Å². The molecule has 2 aromatic rings. The topological polar surface area (TPSA) is 63.8 Å². The highest BCUT2D eigenvalue weighted by atomic mass is 32.1. The third kappa shape index (κ3) is 7.50. The summed E-state index contributed by atoms with van der Waals surface area (Å²) in [7, 11) is 0. The predicted molar refractivity (Wildman–Crippen MR) is 145 cm³/mol. The molecule has 1 aromatic heterocycles. The Kier molecular flexibility index (Phi) is 10.3. The second-order valence-electron chi connectivity index (χ2n) is 9.14. The van der Waals surface area contributed by atoms with Crippen molar-refractivity contribution in [3.05, 3.63) is 45.2 Å². The van der Waals surface area contributed by atoms with E-state index in [-0.39, 0.29) is 5.56 Å². The van der Waals surface area contributed by atoms with Gasteiger partial charge < -0.3 is 24.8 Å². The molecule has 0 amide bonds. The van der Waals surface area contributed by atoms with Gasteiger partial charge in [0.05, 0.1) is 19.8 Å². The van der Waals surface area contributed by atoms with E-state index in [0.29, 0.717) is 11.7 Å². The Morgan fingerprint density at radius 2 is 1.82 bits per heavy atom. The fourth-order valence-electron chi connectivity index (χ4n) is 4.33. The SMILES string of the molecule is CCN(CC)CCCNC(=S)N(CCN1CCOCC1)Cc1cc2cc(C)c(C)cc2[nH]c1=O. The smallest absolute Gasteiger partial charge is 0.253 e. The number of hydrogen-bond donors (Lipinski definition) is 2. The van der Waals surface area contributed by atoms with Crippen LogP contribution in [-0.4, -0.2) is 90.4 Å². The van der Waals surface area contributed by atoms with Gasteiger partial charge in [-0.3, -0.25) is 9.69 Å². The molecule has 1 aliphatic rings. The summed E-state index contributed by atoms with van der Waals surface area (Å²) in [6.07, 6.45) is 1.04. The maximum absolute atomic E-state index is 12.9. The molecule has 7 nitrogen and oxygen atoms in total. The number of nitrogens with one attached hydrogen (secondary N) is 2. The number of morpholine rings is 1. The molecule has 0 saturated carbocycles. The molecule has 1 saturated heterocycles. The number of fused-ring (bicyclic) bond motifs is 1. The van der Waals surface area contributed by atoms with Crippen LogP contribution in [0.25, 0.3) is 10.9 Å². The number of benzene rings is 1. The number of aromatic amines is 1. The summed E-state index contributed by atoms with van der Waals surface area (Å²) in [5.41, 5.74) is 3.98. The lowest BCUT2D eigenvalue weighted by atomic mass is 10.0. The lowest BCUT2D eigenvalue weighted by Gasteiger charge is -2.31. The zero-order valence-electron chi connectivity index (χ0n) is 21.3. The molecule has 0 radical (unpaired) electrons. The van der Waals surface area contributed by atoms with E-state index in [9.17, 15) is 4.79 Å². The maximum atomic E-state index is 12.9. The van der Waals surface area contributed by atoms with Gasteiger partial charge >= 0.3 is 0 Å². The lowest BCUT2D eigenvalue weighted by Crippen LogP contribution is -2.46. The minimum atomic E-state index is -0.0449. The predicted octanol–water partition coefficient (Wildman–Crippen LogP) is 2.89. The normalized spacial score (nSPS) is 14.6. The van der Waals surface area contributed by atoms with Crippen LogP contribution < -0.4 is 10.9 Å². The zero-order valence-corrected chi connectivity index (χ0v) is 22.1. The number of H-pyrrole nitrogens is 1. The van der Waals surface area contributed by atoms with Gasteiger partial charge in [-0.25, -0.2) is 0 Å². The van der Waals surface area contributed by atoms with E-state index in [4.69, 9.17) is 17.0 Å². The van der Waals surface area contributed by atoms with Crippen LogP contribution in [0.1, 0.15) is 37.0 Å². The van der Waals surface area contributed by atoms with Gasteiger partial charge in [-0.1, -0.05) is 13.8 Å². The molecule has 1 fully saturated rings. The van der Waals surface area contributed by atoms with Crippen molar-refractivity contribution in [2.75, 3.05) is 65.6 Å². The minimum absolute atomic E-state index is 0.0449. The molecule has 8 heteroatoms. The maximum Gasteiger partial charge on any atom is 0.253 e. The molecule has 34 heavy (non-hydrogen) atoms. The third-order valence-electron chi connectivity index (χ3n) is 6.80. The Bertz CT molecular complexity index is 999. The molecule has 0 atom stereocenters. The average molecular weight is 488 g/mol. The second kappa shape index (κ2) is 13.2. The molecule has 0 unspecified atom stereocenters. The van der Waals surface area contributed by atoms with Crippen LogP contribution in [0.5, 0.6) is 0 Å². The van der Waals surface area contributed by atoms with Crippen molar-refractivity contribution in [2.45, 2.75) is 40.7 Å². The van der Waals surface area contributed by atoms with E-state index in [1.165, 1.54) is 11.1 Å². The van der Waals surface area contributed by atoms with Crippen molar-refractivity contribution in [2.24, 2.45) is 0 Å². The van der Waals surface area contributed by atoms with Gasteiger partial charge in [-0.15, -0.1) is 0 Å². The first kappa shape index (κ1) is 26.6. The van der Waals surface area contributed by atoms with E-state index < -0.39 is 0 Å². The molecular weight excluding hydrogens is 446 g/mol. The first-order chi connectivity index (χ1) is 16.4. The van der Waals surface area contributed by atoms with Crippen LogP contribution in [0, 0.1) is 13.8 Å². The highest BCUT2D eigenvalue weighted by Gasteiger charge is 2.17. The second-order valence-corrected chi connectivity index (χ2v) is 9.52. The summed E-state index contributed by atoms with van der Waals surface area (Å²) < 4.78 is 5.48. The van der Waals surface area contributed by atoms with Crippen molar-refractivity contribution in [3.8, 4) is 0 Å². The van der Waals surface area contributed by atoms with E-state index in [0.717, 1.165) is 88.5 Å². The largest absolute Gasteiger partial charge is 0.379 e. The van der Waals surface area contributed by atoms with E-state index in [1.807, 2.05) is 12.1 Å². The van der Waals surface area contributed by atoms with E-state index >= 15 is 0 Å². The van der Waals surface area contributed by atoms with E-state index in [1.54, 1.807) is 0 Å². The average Bonchev–Trinajstić information content (AvgIpc) is 2.84. The van der Waals surface area contributed by atoms with Crippen molar-refractivity contribution in [3.63, 3.8) is 0 Å².